The van der Waals surface area contributed by atoms with Gasteiger partial charge in [-0.3, -0.25) is 9.11 Å². The summed E-state index contributed by atoms with van der Waals surface area (Å²) in [6.07, 6.45) is 8.42. The molecule has 1 aliphatic carbocycles. The summed E-state index contributed by atoms with van der Waals surface area (Å²) >= 11 is 0. The summed E-state index contributed by atoms with van der Waals surface area (Å²) in [6.45, 7) is 7.79. The lowest BCUT2D eigenvalue weighted by atomic mass is 9.90. The van der Waals surface area contributed by atoms with Gasteiger partial charge in [-0.2, -0.15) is 16.8 Å². The van der Waals surface area contributed by atoms with Gasteiger partial charge in [-0.25, -0.2) is 4.58 Å². The van der Waals surface area contributed by atoms with Crippen molar-refractivity contribution in [1.82, 2.24) is 0 Å². The summed E-state index contributed by atoms with van der Waals surface area (Å²) in [6, 6.07) is 10.7. The molecule has 7 nitrogen and oxygen atoms in total. The third kappa shape index (κ3) is 5.61. The molecule has 2 N–H and O–H groups in total. The van der Waals surface area contributed by atoms with Gasteiger partial charge in [0, 0.05) is 17.7 Å². The smallest absolute Gasteiger partial charge is 0.282 e. The zero-order valence-electron chi connectivity index (χ0n) is 19.3. The average Bonchev–Trinajstić information content (AvgIpc) is 2.80. The summed E-state index contributed by atoms with van der Waals surface area (Å²) in [7, 11) is -9.50. The highest BCUT2D eigenvalue weighted by Crippen LogP contribution is 2.35. The van der Waals surface area contributed by atoms with Crippen LogP contribution in [0.4, 0.5) is 0 Å². The summed E-state index contributed by atoms with van der Waals surface area (Å²) < 4.78 is 69.3. The second-order valence-electron chi connectivity index (χ2n) is 7.75. The van der Waals surface area contributed by atoms with Crippen molar-refractivity contribution in [3.63, 3.8) is 0 Å². The van der Waals surface area contributed by atoms with Crippen LogP contribution in [-0.2, 0) is 26.7 Å². The molecule has 1 aliphatic rings. The molecule has 3 rings (SSSR count). The maximum atomic E-state index is 12.3. The van der Waals surface area contributed by atoms with Gasteiger partial charge in [0.15, 0.2) is 5.71 Å². The summed E-state index contributed by atoms with van der Waals surface area (Å²) in [5.41, 5.74) is 4.10. The van der Waals surface area contributed by atoms with Crippen molar-refractivity contribution in [3.05, 3.63) is 89.0 Å². The Labute approximate surface area is 201 Å². The standard InChI is InChI=1S/C25H27NO6S2/c1-4-18-7-9-19(10-8-18)25(20-11-13-21(14-12-20)26(5-2)6-3)23-16-15-22(33(27,28)29)17-24(23)34(30,31)32/h7-17H,4-6H2,1-3H3,(H-,27,28,29,30,31,32)/p+1. The van der Waals surface area contributed by atoms with Gasteiger partial charge in [0.2, 0.25) is 0 Å². The summed E-state index contributed by atoms with van der Waals surface area (Å²) in [5.74, 6) is 0. The van der Waals surface area contributed by atoms with Crippen LogP contribution in [0, 0.1) is 0 Å². The van der Waals surface area contributed by atoms with Crippen LogP contribution in [0.15, 0.2) is 82.1 Å². The van der Waals surface area contributed by atoms with Crippen molar-refractivity contribution < 1.29 is 30.5 Å². The highest BCUT2D eigenvalue weighted by molar-refractivity contribution is 7.86. The first kappa shape index (κ1) is 25.8. The van der Waals surface area contributed by atoms with Crippen LogP contribution >= 0.6 is 0 Å². The number of benzene rings is 2. The average molecular weight is 503 g/mol. The van der Waals surface area contributed by atoms with E-state index in [9.17, 15) is 25.9 Å². The van der Waals surface area contributed by atoms with Crippen LogP contribution in [0.2, 0.25) is 0 Å². The highest BCUT2D eigenvalue weighted by Gasteiger charge is 2.25. The Kier molecular flexibility index (Phi) is 7.72. The van der Waals surface area contributed by atoms with E-state index in [4.69, 9.17) is 0 Å². The molecular weight excluding hydrogens is 474 g/mol. The van der Waals surface area contributed by atoms with Crippen LogP contribution in [0.1, 0.15) is 37.5 Å². The van der Waals surface area contributed by atoms with Gasteiger partial charge >= 0.3 is 0 Å². The zero-order chi connectivity index (χ0) is 25.1. The summed E-state index contributed by atoms with van der Waals surface area (Å²) in [4.78, 5) is -1.23. The Balaban J connectivity index is 2.35. The fourth-order valence-corrected chi connectivity index (χ4v) is 5.20. The third-order valence-corrected chi connectivity index (χ3v) is 7.48. The first-order valence-corrected chi connectivity index (χ1v) is 13.8. The van der Waals surface area contributed by atoms with Gasteiger partial charge < -0.3 is 0 Å². The Hall–Kier alpha value is -2.85. The van der Waals surface area contributed by atoms with E-state index in [-0.39, 0.29) is 5.56 Å². The molecule has 0 spiro atoms. The molecule has 9 heteroatoms. The van der Waals surface area contributed by atoms with E-state index in [1.54, 1.807) is 0 Å². The van der Waals surface area contributed by atoms with Crippen LogP contribution in [0.25, 0.3) is 5.57 Å². The number of rotatable bonds is 7. The SMILES string of the molecule is CCc1ccc(C(=C2C=CC(=[N+](CC)CC)C=C2)c2ccc(S(=O)(=O)O)cc2S(=O)(=O)O)cc1. The predicted octanol–water partition coefficient (Wildman–Crippen LogP) is 4.16. The fourth-order valence-electron chi connectivity index (χ4n) is 3.90. The van der Waals surface area contributed by atoms with Crippen molar-refractivity contribution >= 4 is 31.5 Å². The van der Waals surface area contributed by atoms with E-state index in [0.717, 1.165) is 42.9 Å². The Morgan fingerprint density at radius 3 is 1.85 bits per heavy atom. The van der Waals surface area contributed by atoms with Crippen LogP contribution in [0.3, 0.4) is 0 Å². The molecule has 2 aromatic carbocycles. The number of allylic oxidation sites excluding steroid dienone is 5. The molecule has 0 bridgehead atoms. The Bertz CT molecular complexity index is 1400. The minimum atomic E-state index is -4.82. The Morgan fingerprint density at radius 2 is 1.38 bits per heavy atom. The number of aryl methyl sites for hydroxylation is 1. The Morgan fingerprint density at radius 1 is 0.794 bits per heavy atom. The van der Waals surface area contributed by atoms with Crippen LogP contribution < -0.4 is 0 Å². The molecule has 0 saturated heterocycles. The van der Waals surface area contributed by atoms with Crippen molar-refractivity contribution in [2.75, 3.05) is 13.1 Å². The van der Waals surface area contributed by atoms with Crippen LogP contribution in [0.5, 0.6) is 0 Å². The molecule has 34 heavy (non-hydrogen) atoms. The maximum Gasteiger partial charge on any atom is 0.295 e. The number of nitrogens with zero attached hydrogens (tertiary/aromatic N) is 1. The van der Waals surface area contributed by atoms with E-state index < -0.39 is 30.0 Å². The minimum Gasteiger partial charge on any atom is -0.282 e. The molecule has 0 amide bonds. The number of hydrogen-bond acceptors (Lipinski definition) is 4. The van der Waals surface area contributed by atoms with E-state index in [2.05, 4.69) is 18.4 Å². The van der Waals surface area contributed by atoms with Gasteiger partial charge in [0.25, 0.3) is 20.2 Å². The topological polar surface area (TPSA) is 112 Å². The highest BCUT2D eigenvalue weighted by atomic mass is 32.2. The van der Waals surface area contributed by atoms with E-state index in [1.165, 1.54) is 6.07 Å². The van der Waals surface area contributed by atoms with Gasteiger partial charge in [0.05, 0.1) is 4.90 Å². The van der Waals surface area contributed by atoms with Crippen molar-refractivity contribution in [2.24, 2.45) is 0 Å². The number of hydrogen-bond donors (Lipinski definition) is 2. The molecule has 0 aromatic heterocycles. The monoisotopic (exact) mass is 502 g/mol. The largest absolute Gasteiger partial charge is 0.295 e. The molecule has 0 atom stereocenters. The summed E-state index contributed by atoms with van der Waals surface area (Å²) in [5, 5.41) is 0. The predicted molar refractivity (Wildman–Crippen MR) is 133 cm³/mol. The van der Waals surface area contributed by atoms with Gasteiger partial charge in [0.1, 0.15) is 18.0 Å². The zero-order valence-corrected chi connectivity index (χ0v) is 20.9. The fraction of sp³-hybridized carbons (Fsp3) is 0.240. The molecule has 0 fully saturated rings. The maximum absolute atomic E-state index is 12.3. The molecule has 2 aromatic rings. The molecule has 180 valence electrons. The van der Waals surface area contributed by atoms with Crippen LogP contribution in [-0.4, -0.2) is 49.3 Å². The van der Waals surface area contributed by atoms with Gasteiger partial charge in [-0.1, -0.05) is 37.3 Å². The van der Waals surface area contributed by atoms with Crippen molar-refractivity contribution in [1.29, 1.82) is 0 Å². The second-order valence-corrected chi connectivity index (χ2v) is 10.6. The third-order valence-electron chi connectivity index (χ3n) is 5.73. The first-order chi connectivity index (χ1) is 16.0. The molecule has 0 heterocycles. The van der Waals surface area contributed by atoms with Gasteiger partial charge in [-0.05, 0) is 66.8 Å². The lowest BCUT2D eigenvalue weighted by molar-refractivity contribution is -0.519. The quantitative estimate of drug-likeness (QED) is 0.434. The molecule has 0 saturated carbocycles. The van der Waals surface area contributed by atoms with E-state index in [1.807, 2.05) is 55.5 Å². The second kappa shape index (κ2) is 10.2. The first-order valence-electron chi connectivity index (χ1n) is 10.9. The molecule has 0 radical (unpaired) electrons. The van der Waals surface area contributed by atoms with E-state index in [0.29, 0.717) is 16.7 Å². The van der Waals surface area contributed by atoms with Crippen molar-refractivity contribution in [3.8, 4) is 0 Å². The lowest BCUT2D eigenvalue weighted by Gasteiger charge is -2.17. The lowest BCUT2D eigenvalue weighted by Crippen LogP contribution is -2.19. The molecular formula is C25H28NO6S2+. The molecule has 0 aliphatic heterocycles. The van der Waals surface area contributed by atoms with Crippen molar-refractivity contribution in [2.45, 2.75) is 37.0 Å². The normalized spacial score (nSPS) is 13.9. The van der Waals surface area contributed by atoms with E-state index >= 15 is 0 Å². The molecule has 0 unspecified atom stereocenters. The minimum absolute atomic E-state index is 0.120. The van der Waals surface area contributed by atoms with Gasteiger partial charge in [-0.15, -0.1) is 0 Å².